The van der Waals surface area contributed by atoms with Crippen LogP contribution in [0.3, 0.4) is 0 Å². The Morgan fingerprint density at radius 3 is 2.81 bits per heavy atom. The number of imidazole rings is 1. The minimum Gasteiger partial charge on any atom is -0.364 e. The van der Waals surface area contributed by atoms with E-state index in [-0.39, 0.29) is 5.91 Å². The van der Waals surface area contributed by atoms with Crippen molar-refractivity contribution in [3.05, 3.63) is 65.0 Å². The molecule has 106 valence electrons. The van der Waals surface area contributed by atoms with Gasteiger partial charge in [-0.15, -0.1) is 0 Å². The summed E-state index contributed by atoms with van der Waals surface area (Å²) >= 11 is 3.38. The van der Waals surface area contributed by atoms with Crippen LogP contribution in [0.5, 0.6) is 0 Å². The third-order valence-corrected chi connectivity index (χ3v) is 3.39. The number of nitrogens with one attached hydrogen (secondary N) is 1. The Morgan fingerprint density at radius 1 is 1.29 bits per heavy atom. The Hall–Kier alpha value is -2.41. The second-order valence-electron chi connectivity index (χ2n) is 4.32. The molecule has 2 aromatic heterocycles. The van der Waals surface area contributed by atoms with Crippen molar-refractivity contribution in [2.75, 3.05) is 0 Å². The average molecular weight is 347 g/mol. The molecule has 0 fully saturated rings. The molecule has 1 aromatic carbocycles. The third kappa shape index (κ3) is 3.19. The molecule has 0 spiro atoms. The highest BCUT2D eigenvalue weighted by molar-refractivity contribution is 9.10. The van der Waals surface area contributed by atoms with Gasteiger partial charge in [-0.25, -0.2) is 4.98 Å². The van der Waals surface area contributed by atoms with Gasteiger partial charge in [0, 0.05) is 22.4 Å². The fourth-order valence-corrected chi connectivity index (χ4v) is 2.05. The number of benzene rings is 1. The van der Waals surface area contributed by atoms with Crippen LogP contribution in [0, 0.1) is 0 Å². The normalized spacial score (nSPS) is 10.5. The van der Waals surface area contributed by atoms with Gasteiger partial charge in [-0.3, -0.25) is 4.79 Å². The monoisotopic (exact) mass is 346 g/mol. The topological polar surface area (TPSA) is 73.0 Å². The van der Waals surface area contributed by atoms with E-state index >= 15 is 0 Å². The number of amides is 1. The fourth-order valence-electron chi connectivity index (χ4n) is 1.78. The zero-order valence-corrected chi connectivity index (χ0v) is 12.4. The molecular formula is C14H11BrN4O2. The smallest absolute Gasteiger partial charge is 0.271 e. The standard InChI is InChI=1S/C14H11BrN4O2/c15-10-1-3-12(4-2-10)19-8-13(17-9-19)14(20)16-7-11-5-6-21-18-11/h1-6,8-9H,7H2,(H,16,20). The number of aromatic nitrogens is 3. The molecule has 0 unspecified atom stereocenters. The number of halogens is 1. The van der Waals surface area contributed by atoms with E-state index in [0.717, 1.165) is 10.2 Å². The predicted molar refractivity (Wildman–Crippen MR) is 78.9 cm³/mol. The lowest BCUT2D eigenvalue weighted by molar-refractivity contribution is 0.0945. The summed E-state index contributed by atoms with van der Waals surface area (Å²) in [4.78, 5) is 16.1. The third-order valence-electron chi connectivity index (χ3n) is 2.86. The molecule has 1 N–H and O–H groups in total. The molecule has 3 aromatic rings. The van der Waals surface area contributed by atoms with Crippen molar-refractivity contribution < 1.29 is 9.32 Å². The highest BCUT2D eigenvalue weighted by Crippen LogP contribution is 2.14. The van der Waals surface area contributed by atoms with Crippen LogP contribution in [0.2, 0.25) is 0 Å². The van der Waals surface area contributed by atoms with E-state index in [1.165, 1.54) is 6.26 Å². The molecule has 0 saturated carbocycles. The van der Waals surface area contributed by atoms with Crippen molar-refractivity contribution in [1.29, 1.82) is 0 Å². The van der Waals surface area contributed by atoms with Crippen LogP contribution in [0.25, 0.3) is 5.69 Å². The molecule has 0 bridgehead atoms. The zero-order valence-electron chi connectivity index (χ0n) is 10.9. The van der Waals surface area contributed by atoms with Crippen LogP contribution in [0.4, 0.5) is 0 Å². The molecule has 2 heterocycles. The minimum absolute atomic E-state index is 0.256. The van der Waals surface area contributed by atoms with Crippen molar-refractivity contribution in [3.8, 4) is 5.69 Å². The summed E-state index contributed by atoms with van der Waals surface area (Å²) in [7, 11) is 0. The fraction of sp³-hybridized carbons (Fsp3) is 0.0714. The van der Waals surface area contributed by atoms with E-state index in [1.807, 2.05) is 24.3 Å². The van der Waals surface area contributed by atoms with Gasteiger partial charge >= 0.3 is 0 Å². The highest BCUT2D eigenvalue weighted by Gasteiger charge is 2.10. The average Bonchev–Trinajstić information content (AvgIpc) is 3.17. The Kier molecular flexibility index (Phi) is 3.83. The van der Waals surface area contributed by atoms with Crippen molar-refractivity contribution in [1.82, 2.24) is 20.0 Å². The van der Waals surface area contributed by atoms with E-state index < -0.39 is 0 Å². The molecule has 0 aliphatic carbocycles. The Labute approximate surface area is 128 Å². The van der Waals surface area contributed by atoms with Gasteiger partial charge in [0.2, 0.25) is 0 Å². The predicted octanol–water partition coefficient (Wildman–Crippen LogP) is 2.55. The van der Waals surface area contributed by atoms with Gasteiger partial charge in [0.05, 0.1) is 6.54 Å². The summed E-state index contributed by atoms with van der Waals surface area (Å²) in [6.45, 7) is 0.306. The van der Waals surface area contributed by atoms with E-state index in [0.29, 0.717) is 17.9 Å². The lowest BCUT2D eigenvalue weighted by Crippen LogP contribution is -2.23. The van der Waals surface area contributed by atoms with E-state index in [4.69, 9.17) is 4.52 Å². The van der Waals surface area contributed by atoms with Gasteiger partial charge in [0.1, 0.15) is 24.0 Å². The maximum absolute atomic E-state index is 12.0. The first-order chi connectivity index (χ1) is 10.2. The lowest BCUT2D eigenvalue weighted by atomic mass is 10.3. The molecule has 1 amide bonds. The van der Waals surface area contributed by atoms with Crippen LogP contribution in [-0.4, -0.2) is 20.6 Å². The lowest BCUT2D eigenvalue weighted by Gasteiger charge is -2.01. The number of carbonyl (C=O) groups is 1. The molecule has 0 aliphatic rings. The van der Waals surface area contributed by atoms with Crippen LogP contribution in [-0.2, 0) is 6.54 Å². The summed E-state index contributed by atoms with van der Waals surface area (Å²) in [6.07, 6.45) is 4.75. The molecular weight excluding hydrogens is 336 g/mol. The number of hydrogen-bond donors (Lipinski definition) is 1. The van der Waals surface area contributed by atoms with Crippen LogP contribution in [0.1, 0.15) is 16.2 Å². The van der Waals surface area contributed by atoms with E-state index in [2.05, 4.69) is 31.4 Å². The molecule has 0 saturated heterocycles. The summed E-state index contributed by atoms with van der Waals surface area (Å²) < 4.78 is 7.49. The van der Waals surface area contributed by atoms with Gasteiger partial charge in [-0.05, 0) is 24.3 Å². The maximum Gasteiger partial charge on any atom is 0.271 e. The zero-order chi connectivity index (χ0) is 14.7. The number of nitrogens with zero attached hydrogens (tertiary/aromatic N) is 3. The first kappa shape index (κ1) is 13.6. The second-order valence-corrected chi connectivity index (χ2v) is 5.23. The Bertz CT molecular complexity index is 735. The van der Waals surface area contributed by atoms with Crippen LogP contribution in [0.15, 0.2) is 58.1 Å². The van der Waals surface area contributed by atoms with Gasteiger partial charge in [-0.2, -0.15) is 0 Å². The van der Waals surface area contributed by atoms with Gasteiger partial charge in [0.25, 0.3) is 5.91 Å². The first-order valence-electron chi connectivity index (χ1n) is 6.20. The summed E-state index contributed by atoms with van der Waals surface area (Å²) in [5, 5.41) is 6.45. The molecule has 0 atom stereocenters. The summed E-state index contributed by atoms with van der Waals surface area (Å²) in [6, 6.07) is 9.42. The van der Waals surface area contributed by atoms with Crippen molar-refractivity contribution in [2.24, 2.45) is 0 Å². The minimum atomic E-state index is -0.256. The second kappa shape index (κ2) is 5.92. The summed E-state index contributed by atoms with van der Waals surface area (Å²) in [5.41, 5.74) is 1.94. The molecule has 3 rings (SSSR count). The van der Waals surface area contributed by atoms with Crippen LogP contribution >= 0.6 is 15.9 Å². The number of rotatable bonds is 4. The largest absolute Gasteiger partial charge is 0.364 e. The van der Waals surface area contributed by atoms with Gasteiger partial charge < -0.3 is 14.4 Å². The van der Waals surface area contributed by atoms with Crippen molar-refractivity contribution in [3.63, 3.8) is 0 Å². The van der Waals surface area contributed by atoms with Gasteiger partial charge in [0.15, 0.2) is 0 Å². The highest BCUT2D eigenvalue weighted by atomic mass is 79.9. The number of carbonyl (C=O) groups excluding carboxylic acids is 1. The molecule has 0 radical (unpaired) electrons. The maximum atomic E-state index is 12.0. The quantitative estimate of drug-likeness (QED) is 0.787. The first-order valence-corrected chi connectivity index (χ1v) is 6.99. The Balaban J connectivity index is 1.69. The Morgan fingerprint density at radius 2 is 2.10 bits per heavy atom. The van der Waals surface area contributed by atoms with E-state index in [1.54, 1.807) is 23.2 Å². The summed E-state index contributed by atoms with van der Waals surface area (Å²) in [5.74, 6) is -0.256. The van der Waals surface area contributed by atoms with E-state index in [9.17, 15) is 4.79 Å². The SMILES string of the molecule is O=C(NCc1ccon1)c1cn(-c2ccc(Br)cc2)cn1. The van der Waals surface area contributed by atoms with Crippen molar-refractivity contribution in [2.45, 2.75) is 6.54 Å². The van der Waals surface area contributed by atoms with Gasteiger partial charge in [-0.1, -0.05) is 21.1 Å². The molecule has 0 aliphatic heterocycles. The number of hydrogen-bond acceptors (Lipinski definition) is 4. The molecule has 21 heavy (non-hydrogen) atoms. The molecule has 7 heteroatoms. The van der Waals surface area contributed by atoms with Crippen LogP contribution < -0.4 is 5.32 Å². The molecule has 6 nitrogen and oxygen atoms in total. The van der Waals surface area contributed by atoms with Crippen molar-refractivity contribution >= 4 is 21.8 Å².